The fourth-order valence-electron chi connectivity index (χ4n) is 3.17. The predicted molar refractivity (Wildman–Crippen MR) is 104 cm³/mol. The van der Waals surface area contributed by atoms with Crippen molar-refractivity contribution in [1.29, 1.82) is 0 Å². The summed E-state index contributed by atoms with van der Waals surface area (Å²) in [6, 6.07) is 17.1. The van der Waals surface area contributed by atoms with Crippen molar-refractivity contribution in [2.45, 2.75) is 24.9 Å². The average molecular weight is 365 g/mol. The minimum Gasteiger partial charge on any atom is -0.335 e. The van der Waals surface area contributed by atoms with E-state index in [9.17, 15) is 9.59 Å². The fourth-order valence-corrected chi connectivity index (χ4v) is 3.17. The molecule has 1 aliphatic carbocycles. The van der Waals surface area contributed by atoms with Crippen LogP contribution in [0.4, 0.5) is 16.2 Å². The van der Waals surface area contributed by atoms with Crippen molar-refractivity contribution in [2.24, 2.45) is 5.92 Å². The Morgan fingerprint density at radius 3 is 2.22 bits per heavy atom. The Morgan fingerprint density at radius 2 is 1.56 bits per heavy atom. The van der Waals surface area contributed by atoms with Gasteiger partial charge >= 0.3 is 6.03 Å². The Kier molecular flexibility index (Phi) is 5.04. The lowest BCUT2D eigenvalue weighted by molar-refractivity contribution is -0.119. The van der Waals surface area contributed by atoms with E-state index in [1.807, 2.05) is 30.3 Å². The molecule has 2 aliphatic rings. The van der Waals surface area contributed by atoms with E-state index in [0.29, 0.717) is 24.0 Å². The molecule has 3 amide bonds. The second-order valence-corrected chi connectivity index (χ2v) is 6.96. The molecule has 0 aromatic heterocycles. The highest BCUT2D eigenvalue weighted by molar-refractivity contribution is 5.94. The molecule has 1 saturated heterocycles. The number of hydrogen-bond acceptors (Lipinski definition) is 4. The van der Waals surface area contributed by atoms with Gasteiger partial charge in [0.15, 0.2) is 0 Å². The summed E-state index contributed by atoms with van der Waals surface area (Å²) in [4.78, 5) is 24.5. The van der Waals surface area contributed by atoms with Crippen LogP contribution in [-0.4, -0.2) is 24.5 Å². The smallest absolute Gasteiger partial charge is 0.319 e. The van der Waals surface area contributed by atoms with Crippen molar-refractivity contribution in [3.8, 4) is 0 Å². The monoisotopic (exact) mass is 365 g/mol. The molecule has 1 aliphatic heterocycles. The van der Waals surface area contributed by atoms with Crippen molar-refractivity contribution < 1.29 is 9.59 Å². The summed E-state index contributed by atoms with van der Waals surface area (Å²) < 4.78 is 0. The summed E-state index contributed by atoms with van der Waals surface area (Å²) >= 11 is 0. The van der Waals surface area contributed by atoms with Crippen LogP contribution in [0, 0.1) is 5.92 Å². The highest BCUT2D eigenvalue weighted by atomic mass is 16.2. The lowest BCUT2D eigenvalue weighted by atomic mass is 9.94. The Balaban J connectivity index is 1.35. The average Bonchev–Trinajstić information content (AvgIpc) is 3.34. The number of amides is 3. The van der Waals surface area contributed by atoms with Gasteiger partial charge in [0.05, 0.1) is 12.0 Å². The van der Waals surface area contributed by atoms with Gasteiger partial charge in [-0.05, 0) is 42.7 Å². The molecule has 140 valence electrons. The Hall–Kier alpha value is -2.90. The van der Waals surface area contributed by atoms with Crippen LogP contribution in [-0.2, 0) is 4.79 Å². The molecule has 2 aromatic rings. The molecular formula is C20H23N5O2. The quantitative estimate of drug-likeness (QED) is 0.562. The maximum absolute atomic E-state index is 12.7. The number of carbonyl (C=O) groups excluding carboxylic acids is 2. The highest BCUT2D eigenvalue weighted by Gasteiger charge is 2.33. The number of rotatable bonds is 5. The van der Waals surface area contributed by atoms with Crippen LogP contribution in [0.1, 0.15) is 24.4 Å². The second kappa shape index (κ2) is 7.77. The topological polar surface area (TPSA) is 94.3 Å². The highest BCUT2D eigenvalue weighted by Crippen LogP contribution is 2.26. The SMILES string of the molecule is O=C(Nc1ccc(NC(=O)C2CNNC2c2ccccc2)cc1)NC1CC1. The van der Waals surface area contributed by atoms with Crippen LogP contribution in [0.5, 0.6) is 0 Å². The first-order valence-corrected chi connectivity index (χ1v) is 9.21. The van der Waals surface area contributed by atoms with Crippen LogP contribution in [0.25, 0.3) is 0 Å². The van der Waals surface area contributed by atoms with Crippen LogP contribution in [0.2, 0.25) is 0 Å². The van der Waals surface area contributed by atoms with Gasteiger partial charge in [-0.3, -0.25) is 10.2 Å². The first-order valence-electron chi connectivity index (χ1n) is 9.21. The van der Waals surface area contributed by atoms with Gasteiger partial charge in [0.2, 0.25) is 5.91 Å². The van der Waals surface area contributed by atoms with Crippen molar-refractivity contribution in [3.05, 3.63) is 60.2 Å². The van der Waals surface area contributed by atoms with E-state index >= 15 is 0 Å². The molecule has 7 heteroatoms. The largest absolute Gasteiger partial charge is 0.335 e. The molecule has 5 N–H and O–H groups in total. The zero-order valence-electron chi connectivity index (χ0n) is 14.9. The van der Waals surface area contributed by atoms with Crippen LogP contribution < -0.4 is 26.8 Å². The van der Waals surface area contributed by atoms with Gasteiger partial charge in [0.25, 0.3) is 0 Å². The summed E-state index contributed by atoms with van der Waals surface area (Å²) in [5.41, 5.74) is 8.72. The molecule has 1 heterocycles. The maximum atomic E-state index is 12.7. The van der Waals surface area contributed by atoms with Crippen molar-refractivity contribution in [1.82, 2.24) is 16.2 Å². The number of urea groups is 1. The minimum absolute atomic E-state index is 0.0476. The molecule has 2 aromatic carbocycles. The molecule has 27 heavy (non-hydrogen) atoms. The second-order valence-electron chi connectivity index (χ2n) is 6.96. The van der Waals surface area contributed by atoms with Crippen LogP contribution in [0.3, 0.4) is 0 Å². The summed E-state index contributed by atoms with van der Waals surface area (Å²) in [5.74, 6) is -0.261. The lowest BCUT2D eigenvalue weighted by Gasteiger charge is -2.18. The van der Waals surface area contributed by atoms with E-state index in [-0.39, 0.29) is 23.9 Å². The third kappa shape index (κ3) is 4.45. The molecular weight excluding hydrogens is 342 g/mol. The minimum atomic E-state index is -0.213. The Bertz CT molecular complexity index is 805. The standard InChI is InChI=1S/C20H23N5O2/c26-19(17-12-21-25-18(17)13-4-2-1-3-5-13)22-14-6-8-15(9-7-14)23-20(27)24-16-10-11-16/h1-9,16-18,21,25H,10-12H2,(H,22,26)(H2,23,24,27). The molecule has 4 rings (SSSR count). The zero-order valence-corrected chi connectivity index (χ0v) is 14.9. The Morgan fingerprint density at radius 1 is 0.889 bits per heavy atom. The first-order chi connectivity index (χ1) is 13.2. The van der Waals surface area contributed by atoms with E-state index in [4.69, 9.17) is 0 Å². The number of benzene rings is 2. The van der Waals surface area contributed by atoms with E-state index in [1.165, 1.54) is 0 Å². The van der Waals surface area contributed by atoms with Crippen LogP contribution >= 0.6 is 0 Å². The van der Waals surface area contributed by atoms with Gasteiger partial charge in [-0.15, -0.1) is 0 Å². The first kappa shape index (κ1) is 17.5. The summed E-state index contributed by atoms with van der Waals surface area (Å²) in [6.45, 7) is 0.562. The number of carbonyl (C=O) groups is 2. The fraction of sp³-hybridized carbons (Fsp3) is 0.300. The summed E-state index contributed by atoms with van der Waals surface area (Å²) in [5, 5.41) is 8.63. The lowest BCUT2D eigenvalue weighted by Crippen LogP contribution is -2.30. The molecule has 0 bridgehead atoms. The van der Waals surface area contributed by atoms with Gasteiger partial charge in [-0.2, -0.15) is 0 Å². The van der Waals surface area contributed by atoms with E-state index in [1.54, 1.807) is 24.3 Å². The van der Waals surface area contributed by atoms with Crippen molar-refractivity contribution in [3.63, 3.8) is 0 Å². The zero-order chi connectivity index (χ0) is 18.6. The summed E-state index contributed by atoms with van der Waals surface area (Å²) in [7, 11) is 0. The van der Waals surface area contributed by atoms with E-state index < -0.39 is 0 Å². The number of hydrogen-bond donors (Lipinski definition) is 5. The summed E-state index contributed by atoms with van der Waals surface area (Å²) in [6.07, 6.45) is 2.10. The number of hydrazine groups is 1. The molecule has 0 radical (unpaired) electrons. The van der Waals surface area contributed by atoms with Crippen molar-refractivity contribution in [2.75, 3.05) is 17.2 Å². The van der Waals surface area contributed by atoms with Gasteiger partial charge in [-0.25, -0.2) is 10.2 Å². The molecule has 0 spiro atoms. The predicted octanol–water partition coefficient (Wildman–Crippen LogP) is 2.37. The molecule has 2 atom stereocenters. The maximum Gasteiger partial charge on any atom is 0.319 e. The Labute approximate surface area is 157 Å². The van der Waals surface area contributed by atoms with Gasteiger partial charge in [0.1, 0.15) is 0 Å². The number of nitrogens with one attached hydrogen (secondary N) is 5. The van der Waals surface area contributed by atoms with Gasteiger partial charge in [-0.1, -0.05) is 30.3 Å². The van der Waals surface area contributed by atoms with E-state index in [0.717, 1.165) is 18.4 Å². The van der Waals surface area contributed by atoms with Crippen LogP contribution in [0.15, 0.2) is 54.6 Å². The third-order valence-corrected chi connectivity index (χ3v) is 4.80. The van der Waals surface area contributed by atoms with E-state index in [2.05, 4.69) is 26.8 Å². The molecule has 2 fully saturated rings. The van der Waals surface area contributed by atoms with Gasteiger partial charge in [0, 0.05) is 24.0 Å². The third-order valence-electron chi connectivity index (χ3n) is 4.80. The molecule has 1 saturated carbocycles. The molecule has 2 unspecified atom stereocenters. The van der Waals surface area contributed by atoms with Crippen molar-refractivity contribution >= 4 is 23.3 Å². The van der Waals surface area contributed by atoms with Gasteiger partial charge < -0.3 is 16.0 Å². The molecule has 7 nitrogen and oxygen atoms in total. The normalized spacial score (nSPS) is 21.5. The number of anilines is 2.